The molecule has 1 amide bonds. The predicted octanol–water partition coefficient (Wildman–Crippen LogP) is 0.292. The normalized spacial score (nSPS) is 15.5. The summed E-state index contributed by atoms with van der Waals surface area (Å²) in [6.45, 7) is 6.01. The Morgan fingerprint density at radius 3 is 2.87 bits per heavy atom. The summed E-state index contributed by atoms with van der Waals surface area (Å²) in [5, 5.41) is 6.29. The Bertz CT molecular complexity index is 604. The first-order chi connectivity index (χ1) is 11.3. The molecule has 122 valence electrons. The molecule has 7 nitrogen and oxygen atoms in total. The monoisotopic (exact) mass is 314 g/mol. The molecular weight excluding hydrogens is 292 g/mol. The maximum Gasteiger partial charge on any atom is 0.252 e. The first-order valence-corrected chi connectivity index (χ1v) is 7.98. The number of rotatable bonds is 6. The third-order valence-electron chi connectivity index (χ3n) is 3.93. The van der Waals surface area contributed by atoms with Crippen LogP contribution in [-0.2, 0) is 0 Å². The van der Waals surface area contributed by atoms with E-state index in [1.165, 1.54) is 0 Å². The fourth-order valence-electron chi connectivity index (χ4n) is 2.61. The molecule has 3 rings (SSSR count). The van der Waals surface area contributed by atoms with Crippen molar-refractivity contribution in [2.75, 3.05) is 39.3 Å². The van der Waals surface area contributed by atoms with Crippen molar-refractivity contribution in [3.8, 4) is 5.82 Å². The molecule has 0 radical (unpaired) electrons. The van der Waals surface area contributed by atoms with Crippen LogP contribution in [0.15, 0.2) is 37.1 Å². The molecule has 1 saturated heterocycles. The first kappa shape index (κ1) is 15.6. The van der Waals surface area contributed by atoms with Crippen LogP contribution in [0.1, 0.15) is 16.8 Å². The minimum absolute atomic E-state index is 0.0741. The summed E-state index contributed by atoms with van der Waals surface area (Å²) in [6.07, 6.45) is 7.75. The van der Waals surface area contributed by atoms with Crippen LogP contribution in [0, 0.1) is 0 Å². The Hall–Kier alpha value is -2.25. The van der Waals surface area contributed by atoms with Crippen molar-refractivity contribution in [2.45, 2.75) is 6.42 Å². The summed E-state index contributed by atoms with van der Waals surface area (Å²) < 4.78 is 1.80. The average Bonchev–Trinajstić information content (AvgIpc) is 3.14. The Balaban J connectivity index is 1.43. The van der Waals surface area contributed by atoms with E-state index in [4.69, 9.17) is 0 Å². The lowest BCUT2D eigenvalue weighted by Crippen LogP contribution is -2.44. The quantitative estimate of drug-likeness (QED) is 0.750. The summed E-state index contributed by atoms with van der Waals surface area (Å²) >= 11 is 0. The molecule has 3 heterocycles. The molecule has 1 aliphatic heterocycles. The van der Waals surface area contributed by atoms with Crippen LogP contribution in [0.2, 0.25) is 0 Å². The topological polar surface area (TPSA) is 75.1 Å². The minimum Gasteiger partial charge on any atom is -0.352 e. The largest absolute Gasteiger partial charge is 0.352 e. The van der Waals surface area contributed by atoms with Crippen LogP contribution in [0.4, 0.5) is 0 Å². The second-order valence-electron chi connectivity index (χ2n) is 5.58. The molecule has 0 atom stereocenters. The molecule has 2 N–H and O–H groups in total. The number of carbonyl (C=O) groups is 1. The molecule has 0 bridgehead atoms. The van der Waals surface area contributed by atoms with Crippen molar-refractivity contribution < 1.29 is 4.79 Å². The van der Waals surface area contributed by atoms with E-state index in [2.05, 4.69) is 25.5 Å². The fraction of sp³-hybridized carbons (Fsp3) is 0.438. The number of pyridine rings is 1. The van der Waals surface area contributed by atoms with Gasteiger partial charge < -0.3 is 15.5 Å². The summed E-state index contributed by atoms with van der Waals surface area (Å²) in [6, 6.07) is 3.60. The van der Waals surface area contributed by atoms with Gasteiger partial charge in [0.05, 0.1) is 5.56 Å². The minimum atomic E-state index is -0.0741. The number of aromatic nitrogens is 3. The highest BCUT2D eigenvalue weighted by molar-refractivity contribution is 5.93. The lowest BCUT2D eigenvalue weighted by atomic mass is 10.2. The zero-order chi connectivity index (χ0) is 15.9. The average molecular weight is 314 g/mol. The van der Waals surface area contributed by atoms with Crippen LogP contribution < -0.4 is 10.6 Å². The first-order valence-electron chi connectivity index (χ1n) is 7.98. The molecule has 2 aromatic heterocycles. The third-order valence-corrected chi connectivity index (χ3v) is 3.93. The number of carbonyl (C=O) groups excluding carboxylic acids is 1. The standard InChI is InChI=1S/C16H22N6O/c23-16(19-4-1-8-21-9-5-17-6-10-21)14-2-3-15(20-12-14)22-11-7-18-13-22/h2-3,7,11-13,17H,1,4-6,8-10H2,(H,19,23). The highest BCUT2D eigenvalue weighted by Crippen LogP contribution is 2.05. The van der Waals surface area contributed by atoms with Crippen LogP contribution in [0.25, 0.3) is 5.82 Å². The van der Waals surface area contributed by atoms with Crippen molar-refractivity contribution in [3.63, 3.8) is 0 Å². The molecule has 0 aliphatic carbocycles. The van der Waals surface area contributed by atoms with E-state index in [0.29, 0.717) is 12.1 Å². The Morgan fingerprint density at radius 1 is 1.30 bits per heavy atom. The molecule has 7 heteroatoms. The SMILES string of the molecule is O=C(NCCCN1CCNCC1)c1ccc(-n2ccnc2)nc1. The van der Waals surface area contributed by atoms with Crippen LogP contribution in [0.3, 0.4) is 0 Å². The van der Waals surface area contributed by atoms with E-state index < -0.39 is 0 Å². The van der Waals surface area contributed by atoms with Gasteiger partial charge >= 0.3 is 0 Å². The summed E-state index contributed by atoms with van der Waals surface area (Å²) in [5.74, 6) is 0.674. The van der Waals surface area contributed by atoms with Crippen molar-refractivity contribution in [2.24, 2.45) is 0 Å². The maximum atomic E-state index is 12.1. The number of imidazole rings is 1. The van der Waals surface area contributed by atoms with Gasteiger partial charge in [-0.3, -0.25) is 9.36 Å². The van der Waals surface area contributed by atoms with E-state index in [-0.39, 0.29) is 5.91 Å². The third kappa shape index (κ3) is 4.37. The lowest BCUT2D eigenvalue weighted by molar-refractivity contribution is 0.0951. The predicted molar refractivity (Wildman–Crippen MR) is 87.6 cm³/mol. The second-order valence-corrected chi connectivity index (χ2v) is 5.58. The zero-order valence-electron chi connectivity index (χ0n) is 13.1. The van der Waals surface area contributed by atoms with E-state index in [9.17, 15) is 4.79 Å². The van der Waals surface area contributed by atoms with Gasteiger partial charge in [-0.25, -0.2) is 9.97 Å². The van der Waals surface area contributed by atoms with E-state index in [1.54, 1.807) is 29.4 Å². The van der Waals surface area contributed by atoms with Gasteiger partial charge in [0.1, 0.15) is 12.1 Å². The van der Waals surface area contributed by atoms with Gasteiger partial charge in [-0.15, -0.1) is 0 Å². The van der Waals surface area contributed by atoms with Crippen molar-refractivity contribution >= 4 is 5.91 Å². The zero-order valence-corrected chi connectivity index (χ0v) is 13.1. The number of piperazine rings is 1. The molecule has 0 aromatic carbocycles. The number of amides is 1. The van der Waals surface area contributed by atoms with Gasteiger partial charge in [0.2, 0.25) is 0 Å². The van der Waals surface area contributed by atoms with Gasteiger partial charge in [-0.1, -0.05) is 0 Å². The van der Waals surface area contributed by atoms with Gasteiger partial charge in [0.15, 0.2) is 0 Å². The molecule has 23 heavy (non-hydrogen) atoms. The van der Waals surface area contributed by atoms with Gasteiger partial charge in [0.25, 0.3) is 5.91 Å². The number of hydrogen-bond donors (Lipinski definition) is 2. The number of nitrogens with zero attached hydrogens (tertiary/aromatic N) is 4. The fourth-order valence-corrected chi connectivity index (χ4v) is 2.61. The van der Waals surface area contributed by atoms with Crippen LogP contribution in [0.5, 0.6) is 0 Å². The van der Waals surface area contributed by atoms with Gasteiger partial charge in [-0.2, -0.15) is 0 Å². The highest BCUT2D eigenvalue weighted by Gasteiger charge is 2.09. The van der Waals surface area contributed by atoms with Gasteiger partial charge in [-0.05, 0) is 25.1 Å². The van der Waals surface area contributed by atoms with E-state index in [1.807, 2.05) is 12.3 Å². The van der Waals surface area contributed by atoms with Crippen molar-refractivity contribution in [1.82, 2.24) is 30.1 Å². The molecule has 0 spiro atoms. The molecule has 2 aromatic rings. The smallest absolute Gasteiger partial charge is 0.252 e. The highest BCUT2D eigenvalue weighted by atomic mass is 16.1. The van der Waals surface area contributed by atoms with Gasteiger partial charge in [0, 0.05) is 51.3 Å². The second kappa shape index (κ2) is 7.85. The van der Waals surface area contributed by atoms with Crippen molar-refractivity contribution in [3.05, 3.63) is 42.6 Å². The van der Waals surface area contributed by atoms with Crippen LogP contribution in [-0.4, -0.2) is 64.6 Å². The molecule has 1 aliphatic rings. The number of nitrogens with one attached hydrogen (secondary N) is 2. The molecular formula is C16H22N6O. The summed E-state index contributed by atoms with van der Waals surface area (Å²) in [4.78, 5) is 22.8. The Kier molecular flexibility index (Phi) is 5.33. The number of hydrogen-bond acceptors (Lipinski definition) is 5. The van der Waals surface area contributed by atoms with Crippen molar-refractivity contribution in [1.29, 1.82) is 0 Å². The lowest BCUT2D eigenvalue weighted by Gasteiger charge is -2.27. The molecule has 0 saturated carbocycles. The molecule has 0 unspecified atom stereocenters. The summed E-state index contributed by atoms with van der Waals surface area (Å²) in [5.41, 5.74) is 0.580. The Morgan fingerprint density at radius 2 is 2.17 bits per heavy atom. The Labute approximate surface area is 135 Å². The summed E-state index contributed by atoms with van der Waals surface area (Å²) in [7, 11) is 0. The van der Waals surface area contributed by atoms with Crippen LogP contribution >= 0.6 is 0 Å². The van der Waals surface area contributed by atoms with E-state index in [0.717, 1.165) is 45.0 Å². The molecule has 1 fully saturated rings. The maximum absolute atomic E-state index is 12.1. The van der Waals surface area contributed by atoms with E-state index >= 15 is 0 Å².